The summed E-state index contributed by atoms with van der Waals surface area (Å²) >= 11 is 0.688. The number of hydrogen-bond donors (Lipinski definition) is 0. The molecule has 0 bridgehead atoms. The van der Waals surface area contributed by atoms with Gasteiger partial charge in [-0.2, -0.15) is 18.4 Å². The maximum absolute atomic E-state index is 13.5. The zero-order chi connectivity index (χ0) is 28.3. The van der Waals surface area contributed by atoms with E-state index in [1.54, 1.807) is 60.7 Å². The molecule has 1 unspecified atom stereocenters. The SMILES string of the molecule is Cc1ccc(N2C(=O)CC(N(Cc3ccccc3)C(=O)CSc3nc(C)cc(C(F)(F)F)c3C#N)C2=O)cc1. The first-order valence-electron chi connectivity index (χ1n) is 11.9. The van der Waals surface area contributed by atoms with E-state index in [-0.39, 0.29) is 23.7 Å². The van der Waals surface area contributed by atoms with Crippen molar-refractivity contribution >= 4 is 35.2 Å². The Labute approximate surface area is 227 Å². The summed E-state index contributed by atoms with van der Waals surface area (Å²) in [6.45, 7) is 3.24. The fourth-order valence-corrected chi connectivity index (χ4v) is 5.20. The Morgan fingerprint density at radius 2 is 1.79 bits per heavy atom. The van der Waals surface area contributed by atoms with Crippen molar-refractivity contribution in [2.75, 3.05) is 10.7 Å². The number of nitriles is 1. The second-order valence-electron chi connectivity index (χ2n) is 9.02. The number of pyridine rings is 1. The number of halogens is 3. The molecular weight excluding hydrogens is 529 g/mol. The largest absolute Gasteiger partial charge is 0.417 e. The number of alkyl halides is 3. The summed E-state index contributed by atoms with van der Waals surface area (Å²) in [7, 11) is 0. The zero-order valence-corrected chi connectivity index (χ0v) is 21.8. The van der Waals surface area contributed by atoms with Crippen LogP contribution in [0.1, 0.15) is 34.4 Å². The molecule has 3 aromatic rings. The normalized spacial score (nSPS) is 15.4. The van der Waals surface area contributed by atoms with Gasteiger partial charge in [0.05, 0.1) is 29.0 Å². The number of imide groups is 1. The fraction of sp³-hybridized carbons (Fsp3) is 0.250. The number of aromatic nitrogens is 1. The summed E-state index contributed by atoms with van der Waals surface area (Å²) < 4.78 is 40.5. The molecule has 7 nitrogen and oxygen atoms in total. The van der Waals surface area contributed by atoms with Crippen molar-refractivity contribution in [1.82, 2.24) is 9.88 Å². The molecule has 1 aliphatic heterocycles. The van der Waals surface area contributed by atoms with Gasteiger partial charge in [-0.15, -0.1) is 0 Å². The van der Waals surface area contributed by atoms with Crippen LogP contribution in [0.5, 0.6) is 0 Å². The van der Waals surface area contributed by atoms with Gasteiger partial charge in [0, 0.05) is 12.2 Å². The molecule has 0 N–H and O–H groups in total. The van der Waals surface area contributed by atoms with E-state index in [0.717, 1.165) is 16.5 Å². The van der Waals surface area contributed by atoms with Gasteiger partial charge in [0.15, 0.2) is 0 Å². The number of carbonyl (C=O) groups is 3. The molecule has 1 aromatic heterocycles. The Bertz CT molecular complexity index is 1450. The van der Waals surface area contributed by atoms with Gasteiger partial charge >= 0.3 is 6.18 Å². The van der Waals surface area contributed by atoms with E-state index in [2.05, 4.69) is 4.98 Å². The molecule has 11 heteroatoms. The molecule has 39 heavy (non-hydrogen) atoms. The monoisotopic (exact) mass is 552 g/mol. The Morgan fingerprint density at radius 3 is 2.41 bits per heavy atom. The first-order chi connectivity index (χ1) is 18.5. The lowest BCUT2D eigenvalue weighted by molar-refractivity contribution is -0.138. The van der Waals surface area contributed by atoms with Gasteiger partial charge in [-0.05, 0) is 37.6 Å². The van der Waals surface area contributed by atoms with Crippen LogP contribution in [0.2, 0.25) is 0 Å². The third-order valence-corrected chi connectivity index (χ3v) is 7.13. The molecule has 2 heterocycles. The van der Waals surface area contributed by atoms with Crippen LogP contribution in [0.4, 0.5) is 18.9 Å². The fourth-order valence-electron chi connectivity index (χ4n) is 4.27. The number of hydrogen-bond acceptors (Lipinski definition) is 6. The van der Waals surface area contributed by atoms with Crippen LogP contribution in [0.15, 0.2) is 65.7 Å². The second-order valence-corrected chi connectivity index (χ2v) is 9.98. The lowest BCUT2D eigenvalue weighted by Crippen LogP contribution is -2.45. The molecule has 1 aliphatic rings. The first kappa shape index (κ1) is 27.9. The second kappa shape index (κ2) is 11.3. The predicted octanol–water partition coefficient (Wildman–Crippen LogP) is 5.04. The number of rotatable bonds is 7. The highest BCUT2D eigenvalue weighted by Gasteiger charge is 2.44. The van der Waals surface area contributed by atoms with Crippen molar-refractivity contribution in [2.24, 2.45) is 0 Å². The number of benzene rings is 2. The molecule has 200 valence electrons. The predicted molar refractivity (Wildman–Crippen MR) is 138 cm³/mol. The Hall–Kier alpha value is -4.17. The van der Waals surface area contributed by atoms with Gasteiger partial charge < -0.3 is 4.90 Å². The maximum Gasteiger partial charge on any atom is 0.417 e. The topological polar surface area (TPSA) is 94.4 Å². The summed E-state index contributed by atoms with van der Waals surface area (Å²) in [5.74, 6) is -2.00. The van der Waals surface area contributed by atoms with Crippen molar-refractivity contribution in [2.45, 2.75) is 44.1 Å². The number of carbonyl (C=O) groups excluding carboxylic acids is 3. The third kappa shape index (κ3) is 6.12. The molecular formula is C28H23F3N4O3S. The van der Waals surface area contributed by atoms with Crippen molar-refractivity contribution in [1.29, 1.82) is 5.26 Å². The van der Waals surface area contributed by atoms with Gasteiger partial charge in [0.1, 0.15) is 17.1 Å². The van der Waals surface area contributed by atoms with Crippen molar-refractivity contribution in [3.63, 3.8) is 0 Å². The molecule has 0 aliphatic carbocycles. The van der Waals surface area contributed by atoms with Crippen molar-refractivity contribution in [3.8, 4) is 6.07 Å². The van der Waals surface area contributed by atoms with Crippen LogP contribution in [0.3, 0.4) is 0 Å². The number of thioether (sulfide) groups is 1. The van der Waals surface area contributed by atoms with Gasteiger partial charge in [0.25, 0.3) is 5.91 Å². The molecule has 2 aromatic carbocycles. The minimum atomic E-state index is -4.77. The minimum absolute atomic E-state index is 0.00577. The highest BCUT2D eigenvalue weighted by Crippen LogP contribution is 2.36. The van der Waals surface area contributed by atoms with E-state index >= 15 is 0 Å². The highest BCUT2D eigenvalue weighted by atomic mass is 32.2. The molecule has 0 radical (unpaired) electrons. The lowest BCUT2D eigenvalue weighted by Gasteiger charge is -2.28. The number of aryl methyl sites for hydroxylation is 2. The molecule has 4 rings (SSSR count). The van der Waals surface area contributed by atoms with E-state index < -0.39 is 46.8 Å². The molecule has 3 amide bonds. The number of nitrogens with zero attached hydrogens (tertiary/aromatic N) is 4. The molecule has 0 spiro atoms. The van der Waals surface area contributed by atoms with Crippen LogP contribution in [-0.2, 0) is 27.1 Å². The van der Waals surface area contributed by atoms with Crippen molar-refractivity contribution in [3.05, 3.63) is 88.6 Å². The van der Waals surface area contributed by atoms with Gasteiger partial charge in [-0.1, -0.05) is 59.8 Å². The Morgan fingerprint density at radius 1 is 1.13 bits per heavy atom. The molecule has 1 atom stereocenters. The number of amides is 3. The lowest BCUT2D eigenvalue weighted by atomic mass is 10.1. The summed E-state index contributed by atoms with van der Waals surface area (Å²) in [6.07, 6.45) is -5.01. The highest BCUT2D eigenvalue weighted by molar-refractivity contribution is 8.00. The first-order valence-corrected chi connectivity index (χ1v) is 12.9. The van der Waals surface area contributed by atoms with Gasteiger partial charge in [-0.25, -0.2) is 9.88 Å². The summed E-state index contributed by atoms with van der Waals surface area (Å²) in [4.78, 5) is 46.2. The summed E-state index contributed by atoms with van der Waals surface area (Å²) in [5, 5.41) is 9.20. The van der Waals surface area contributed by atoms with Crippen LogP contribution >= 0.6 is 11.8 Å². The minimum Gasteiger partial charge on any atom is -0.325 e. The smallest absolute Gasteiger partial charge is 0.325 e. The Kier molecular flexibility index (Phi) is 8.06. The summed E-state index contributed by atoms with van der Waals surface area (Å²) in [5.41, 5.74) is 0.291. The zero-order valence-electron chi connectivity index (χ0n) is 21.0. The van der Waals surface area contributed by atoms with Crippen LogP contribution in [-0.4, -0.2) is 39.4 Å². The van der Waals surface area contributed by atoms with E-state index in [4.69, 9.17) is 0 Å². The standard InChI is InChI=1S/C28H23F3N4O3S/c1-17-8-10-20(11-9-17)35-24(36)13-23(27(35)38)34(15-19-6-4-3-5-7-19)25(37)16-39-26-21(14-32)22(28(29,30)31)12-18(2)33-26/h3-12,23H,13,15-16H2,1-2H3. The Balaban J connectivity index is 1.63. The average molecular weight is 553 g/mol. The van der Waals surface area contributed by atoms with Crippen LogP contribution in [0, 0.1) is 25.2 Å². The van der Waals surface area contributed by atoms with Gasteiger partial charge in [0.2, 0.25) is 11.8 Å². The van der Waals surface area contributed by atoms with Crippen LogP contribution < -0.4 is 4.90 Å². The summed E-state index contributed by atoms with van der Waals surface area (Å²) in [6, 6.07) is 16.9. The maximum atomic E-state index is 13.5. The van der Waals surface area contributed by atoms with E-state index in [0.29, 0.717) is 23.0 Å². The average Bonchev–Trinajstić information content (AvgIpc) is 3.19. The number of anilines is 1. The molecule has 1 saturated heterocycles. The third-order valence-electron chi connectivity index (χ3n) is 6.17. The molecule has 1 fully saturated rings. The van der Waals surface area contributed by atoms with Crippen molar-refractivity contribution < 1.29 is 27.6 Å². The van der Waals surface area contributed by atoms with Gasteiger partial charge in [-0.3, -0.25) is 14.4 Å². The van der Waals surface area contributed by atoms with E-state index in [1.807, 2.05) is 6.92 Å². The van der Waals surface area contributed by atoms with Crippen LogP contribution in [0.25, 0.3) is 0 Å². The van der Waals surface area contributed by atoms with E-state index in [9.17, 15) is 32.8 Å². The molecule has 0 saturated carbocycles. The quantitative estimate of drug-likeness (QED) is 0.301. The van der Waals surface area contributed by atoms with E-state index in [1.165, 1.54) is 11.8 Å².